The summed E-state index contributed by atoms with van der Waals surface area (Å²) in [5, 5.41) is 4.31. The van der Waals surface area contributed by atoms with Crippen LogP contribution >= 0.6 is 0 Å². The third kappa shape index (κ3) is 4.83. The number of hydrogen-bond acceptors (Lipinski definition) is 6. The molecule has 30 heavy (non-hydrogen) atoms. The molecule has 4 rings (SSSR count). The SMILES string of the molecule is COC1=CC=CC(OC)(c2cc(CCN3CCN(Cc4ccccc4)CC3)on2)C1. The van der Waals surface area contributed by atoms with Crippen molar-refractivity contribution in [3.63, 3.8) is 0 Å². The molecule has 1 aliphatic carbocycles. The molecule has 2 heterocycles. The van der Waals surface area contributed by atoms with Gasteiger partial charge in [0.05, 0.1) is 12.9 Å². The highest BCUT2D eigenvalue weighted by Gasteiger charge is 2.36. The van der Waals surface area contributed by atoms with Gasteiger partial charge in [0.15, 0.2) is 0 Å². The fourth-order valence-electron chi connectivity index (χ4n) is 4.16. The van der Waals surface area contributed by atoms with Gasteiger partial charge in [-0.25, -0.2) is 0 Å². The van der Waals surface area contributed by atoms with Crippen molar-refractivity contribution in [2.75, 3.05) is 46.9 Å². The number of rotatable bonds is 8. The maximum Gasteiger partial charge on any atom is 0.138 e. The van der Waals surface area contributed by atoms with Crippen LogP contribution in [0, 0.1) is 0 Å². The van der Waals surface area contributed by atoms with E-state index in [1.54, 1.807) is 14.2 Å². The first-order valence-electron chi connectivity index (χ1n) is 10.6. The molecular formula is C24H31N3O3. The summed E-state index contributed by atoms with van der Waals surface area (Å²) in [6.45, 7) is 6.37. The third-order valence-corrected chi connectivity index (χ3v) is 6.09. The van der Waals surface area contributed by atoms with E-state index in [4.69, 9.17) is 14.0 Å². The fraction of sp³-hybridized carbons (Fsp3) is 0.458. The van der Waals surface area contributed by atoms with E-state index in [0.29, 0.717) is 6.42 Å². The molecule has 1 saturated heterocycles. The van der Waals surface area contributed by atoms with Crippen molar-refractivity contribution in [2.24, 2.45) is 0 Å². The lowest BCUT2D eigenvalue weighted by molar-refractivity contribution is 0.0106. The molecule has 6 nitrogen and oxygen atoms in total. The van der Waals surface area contributed by atoms with Gasteiger partial charge < -0.3 is 18.9 Å². The van der Waals surface area contributed by atoms with Gasteiger partial charge >= 0.3 is 0 Å². The molecule has 1 fully saturated rings. The highest BCUT2D eigenvalue weighted by Crippen LogP contribution is 2.36. The fourth-order valence-corrected chi connectivity index (χ4v) is 4.16. The first-order chi connectivity index (χ1) is 14.7. The van der Waals surface area contributed by atoms with Crippen LogP contribution in [0.2, 0.25) is 0 Å². The Balaban J connectivity index is 1.27. The second kappa shape index (κ2) is 9.60. The summed E-state index contributed by atoms with van der Waals surface area (Å²) >= 11 is 0. The van der Waals surface area contributed by atoms with Crippen molar-refractivity contribution in [3.05, 3.63) is 77.4 Å². The van der Waals surface area contributed by atoms with Gasteiger partial charge in [0.25, 0.3) is 0 Å². The lowest BCUT2D eigenvalue weighted by Crippen LogP contribution is -2.46. The van der Waals surface area contributed by atoms with E-state index < -0.39 is 5.60 Å². The molecule has 0 N–H and O–H groups in total. The molecular weight excluding hydrogens is 378 g/mol. The first kappa shape index (κ1) is 20.8. The molecule has 2 aliphatic rings. The molecule has 0 spiro atoms. The molecule has 6 heteroatoms. The third-order valence-electron chi connectivity index (χ3n) is 6.09. The topological polar surface area (TPSA) is 51.0 Å². The molecule has 1 atom stereocenters. The van der Waals surface area contributed by atoms with E-state index >= 15 is 0 Å². The lowest BCUT2D eigenvalue weighted by Gasteiger charge is -2.34. The molecule has 1 aromatic carbocycles. The van der Waals surface area contributed by atoms with Crippen molar-refractivity contribution >= 4 is 0 Å². The van der Waals surface area contributed by atoms with Gasteiger partial charge in [-0.3, -0.25) is 4.90 Å². The van der Waals surface area contributed by atoms with Gasteiger partial charge in [-0.05, 0) is 17.7 Å². The van der Waals surface area contributed by atoms with E-state index in [-0.39, 0.29) is 0 Å². The predicted molar refractivity (Wildman–Crippen MR) is 116 cm³/mol. The number of methoxy groups -OCH3 is 2. The van der Waals surface area contributed by atoms with Gasteiger partial charge in [0, 0.05) is 65.3 Å². The average molecular weight is 410 g/mol. The molecule has 0 radical (unpaired) electrons. The van der Waals surface area contributed by atoms with Crippen LogP contribution in [0.4, 0.5) is 0 Å². The molecule has 2 aromatic rings. The number of nitrogens with zero attached hydrogens (tertiary/aromatic N) is 3. The zero-order chi connectivity index (χ0) is 20.8. The highest BCUT2D eigenvalue weighted by molar-refractivity contribution is 5.30. The quantitative estimate of drug-likeness (QED) is 0.666. The van der Waals surface area contributed by atoms with Crippen LogP contribution in [0.3, 0.4) is 0 Å². The number of aromatic nitrogens is 1. The van der Waals surface area contributed by atoms with Gasteiger partial charge in [-0.2, -0.15) is 0 Å². The van der Waals surface area contributed by atoms with E-state index in [0.717, 1.165) is 62.9 Å². The van der Waals surface area contributed by atoms with Gasteiger partial charge in [-0.1, -0.05) is 41.6 Å². The monoisotopic (exact) mass is 409 g/mol. The van der Waals surface area contributed by atoms with Crippen molar-refractivity contribution in [1.82, 2.24) is 15.0 Å². The van der Waals surface area contributed by atoms with Crippen LogP contribution in [-0.4, -0.2) is 61.9 Å². The second-order valence-electron chi connectivity index (χ2n) is 8.00. The van der Waals surface area contributed by atoms with Gasteiger partial charge in [0.1, 0.15) is 17.1 Å². The van der Waals surface area contributed by atoms with Crippen LogP contribution in [0.25, 0.3) is 0 Å². The summed E-state index contributed by atoms with van der Waals surface area (Å²) in [7, 11) is 3.38. The summed E-state index contributed by atoms with van der Waals surface area (Å²) in [6, 6.07) is 12.7. The smallest absolute Gasteiger partial charge is 0.138 e. The minimum atomic E-state index is -0.620. The minimum Gasteiger partial charge on any atom is -0.501 e. The molecule has 0 amide bonds. The van der Waals surface area contributed by atoms with Crippen molar-refractivity contribution in [3.8, 4) is 0 Å². The number of allylic oxidation sites excluding steroid dienone is 2. The molecule has 1 aromatic heterocycles. The summed E-state index contributed by atoms with van der Waals surface area (Å²) in [6.07, 6.45) is 7.39. The van der Waals surface area contributed by atoms with Crippen LogP contribution in [-0.2, 0) is 28.0 Å². The lowest BCUT2D eigenvalue weighted by atomic mass is 9.90. The normalized spacial score (nSPS) is 22.8. The van der Waals surface area contributed by atoms with Crippen LogP contribution < -0.4 is 0 Å². The van der Waals surface area contributed by atoms with E-state index in [1.165, 1.54) is 5.56 Å². The minimum absolute atomic E-state index is 0.617. The number of piperazine rings is 1. The predicted octanol–water partition coefficient (Wildman–Crippen LogP) is 3.37. The second-order valence-corrected chi connectivity index (χ2v) is 8.00. The Morgan fingerprint density at radius 3 is 2.57 bits per heavy atom. The van der Waals surface area contributed by atoms with Crippen molar-refractivity contribution in [1.29, 1.82) is 0 Å². The Bertz CT molecular complexity index is 869. The number of hydrogen-bond donors (Lipinski definition) is 0. The summed E-state index contributed by atoms with van der Waals surface area (Å²) in [5.74, 6) is 1.77. The Labute approximate surface area is 178 Å². The molecule has 1 aliphatic heterocycles. The largest absolute Gasteiger partial charge is 0.501 e. The number of ether oxygens (including phenoxy) is 2. The Morgan fingerprint density at radius 1 is 1.07 bits per heavy atom. The molecule has 1 unspecified atom stereocenters. The zero-order valence-electron chi connectivity index (χ0n) is 17.9. The summed E-state index contributed by atoms with van der Waals surface area (Å²) < 4.78 is 16.9. The maximum atomic E-state index is 5.82. The Hall–Kier alpha value is -2.41. The van der Waals surface area contributed by atoms with Crippen LogP contribution in [0.5, 0.6) is 0 Å². The molecule has 0 saturated carbocycles. The van der Waals surface area contributed by atoms with Crippen LogP contribution in [0.15, 0.2) is 64.9 Å². The Morgan fingerprint density at radius 2 is 1.83 bits per heavy atom. The first-order valence-corrected chi connectivity index (χ1v) is 10.6. The summed E-state index contributed by atoms with van der Waals surface area (Å²) in [4.78, 5) is 5.03. The van der Waals surface area contributed by atoms with E-state index in [2.05, 4.69) is 45.3 Å². The van der Waals surface area contributed by atoms with E-state index in [9.17, 15) is 0 Å². The highest BCUT2D eigenvalue weighted by atomic mass is 16.5. The van der Waals surface area contributed by atoms with Gasteiger partial charge in [-0.15, -0.1) is 0 Å². The van der Waals surface area contributed by atoms with Crippen LogP contribution in [0.1, 0.15) is 23.4 Å². The molecule has 160 valence electrons. The average Bonchev–Trinajstić information content (AvgIpc) is 3.29. The van der Waals surface area contributed by atoms with Gasteiger partial charge in [0.2, 0.25) is 0 Å². The van der Waals surface area contributed by atoms with Crippen molar-refractivity contribution < 1.29 is 14.0 Å². The number of benzene rings is 1. The maximum absolute atomic E-state index is 5.82. The van der Waals surface area contributed by atoms with Crippen molar-refractivity contribution in [2.45, 2.75) is 25.0 Å². The zero-order valence-corrected chi connectivity index (χ0v) is 17.9. The van der Waals surface area contributed by atoms with E-state index in [1.807, 2.05) is 24.3 Å². The summed E-state index contributed by atoms with van der Waals surface area (Å²) in [5.41, 5.74) is 1.56. The standard InChI is InChI=1S/C24H31N3O3/c1-28-22-9-6-11-24(18-22,29-2)23-17-21(30-25-23)10-12-26-13-15-27(16-14-26)19-20-7-4-3-5-8-20/h3-9,11,17H,10,12-16,18-19H2,1-2H3. The Kier molecular flexibility index (Phi) is 6.67. The molecule has 0 bridgehead atoms.